The normalized spacial score (nSPS) is 16.2. The van der Waals surface area contributed by atoms with Crippen LogP contribution in [0.15, 0.2) is 23.0 Å². The molecule has 1 aromatic carbocycles. The molecule has 0 radical (unpaired) electrons. The Bertz CT molecular complexity index is 780. The highest BCUT2D eigenvalue weighted by Crippen LogP contribution is 2.14. The van der Waals surface area contributed by atoms with Crippen LogP contribution in [0.25, 0.3) is 10.9 Å². The van der Waals surface area contributed by atoms with Crippen molar-refractivity contribution in [3.8, 4) is 0 Å². The van der Waals surface area contributed by atoms with Gasteiger partial charge in [-0.2, -0.15) is 0 Å². The Kier molecular flexibility index (Phi) is 4.93. The number of aromatic amines is 1. The van der Waals surface area contributed by atoms with Crippen LogP contribution < -0.4 is 10.5 Å². The van der Waals surface area contributed by atoms with E-state index in [2.05, 4.69) is 4.98 Å². The fourth-order valence-corrected chi connectivity index (χ4v) is 3.28. The molecule has 0 bridgehead atoms. The molecule has 0 unspecified atom stereocenters. The lowest BCUT2D eigenvalue weighted by atomic mass is 10.2. The zero-order valence-corrected chi connectivity index (χ0v) is 13.8. The van der Waals surface area contributed by atoms with Crippen molar-refractivity contribution in [1.29, 1.82) is 0 Å². The van der Waals surface area contributed by atoms with Crippen LogP contribution >= 0.6 is 23.8 Å². The standard InChI is InChI=1S/C15H18ClN3O2S/c16-11-2-3-13-12(10-11)14(20)19(15(22)17-13)5-1-4-18-6-8-21-9-7-18/h2-3,10H,1,4-9H2,(H,17,22)/p+1. The highest BCUT2D eigenvalue weighted by Gasteiger charge is 2.13. The van der Waals surface area contributed by atoms with Gasteiger partial charge in [-0.3, -0.25) is 9.36 Å². The first-order valence-electron chi connectivity index (χ1n) is 7.49. The van der Waals surface area contributed by atoms with Gasteiger partial charge in [-0.1, -0.05) is 11.6 Å². The van der Waals surface area contributed by atoms with Crippen molar-refractivity contribution in [2.24, 2.45) is 0 Å². The third-order valence-corrected chi connectivity index (χ3v) is 4.61. The number of aromatic nitrogens is 2. The van der Waals surface area contributed by atoms with Crippen molar-refractivity contribution in [2.75, 3.05) is 32.8 Å². The number of quaternary nitrogens is 1. The van der Waals surface area contributed by atoms with Gasteiger partial charge in [-0.15, -0.1) is 0 Å². The molecule has 1 aliphatic rings. The average Bonchev–Trinajstić information content (AvgIpc) is 2.52. The molecule has 1 aliphatic heterocycles. The third kappa shape index (κ3) is 3.41. The summed E-state index contributed by atoms with van der Waals surface area (Å²) in [6.07, 6.45) is 0.915. The van der Waals surface area contributed by atoms with Crippen LogP contribution in [0.3, 0.4) is 0 Å². The molecular weight excluding hydrogens is 322 g/mol. The zero-order valence-electron chi connectivity index (χ0n) is 12.2. The van der Waals surface area contributed by atoms with E-state index in [0.717, 1.165) is 44.8 Å². The Morgan fingerprint density at radius 1 is 1.36 bits per heavy atom. The minimum atomic E-state index is -0.0711. The SMILES string of the molecule is O=c1c2cc(Cl)ccc2[nH]c(=S)n1CCC[NH+]1CCOCC1. The number of ether oxygens (including phenoxy) is 1. The fraction of sp³-hybridized carbons (Fsp3) is 0.467. The lowest BCUT2D eigenvalue weighted by Gasteiger charge is -2.23. The van der Waals surface area contributed by atoms with E-state index in [1.54, 1.807) is 22.8 Å². The van der Waals surface area contributed by atoms with Crippen molar-refractivity contribution in [3.05, 3.63) is 38.3 Å². The van der Waals surface area contributed by atoms with Crippen molar-refractivity contribution in [2.45, 2.75) is 13.0 Å². The number of hydrogen-bond donors (Lipinski definition) is 2. The molecule has 0 atom stereocenters. The highest BCUT2D eigenvalue weighted by atomic mass is 35.5. The Labute approximate surface area is 138 Å². The van der Waals surface area contributed by atoms with Crippen LogP contribution in [-0.4, -0.2) is 42.4 Å². The molecule has 1 fully saturated rings. The van der Waals surface area contributed by atoms with E-state index in [4.69, 9.17) is 28.6 Å². The van der Waals surface area contributed by atoms with Gasteiger partial charge in [0, 0.05) is 18.0 Å². The molecule has 0 amide bonds. The summed E-state index contributed by atoms with van der Waals surface area (Å²) in [5.74, 6) is 0. The first kappa shape index (κ1) is 15.7. The van der Waals surface area contributed by atoms with Crippen LogP contribution in [-0.2, 0) is 11.3 Å². The average molecular weight is 341 g/mol. The van der Waals surface area contributed by atoms with Gasteiger partial charge in [0.25, 0.3) is 5.56 Å². The maximum Gasteiger partial charge on any atom is 0.262 e. The summed E-state index contributed by atoms with van der Waals surface area (Å²) in [6, 6.07) is 5.23. The van der Waals surface area contributed by atoms with E-state index >= 15 is 0 Å². The number of hydrogen-bond acceptors (Lipinski definition) is 3. The Morgan fingerprint density at radius 3 is 2.91 bits per heavy atom. The van der Waals surface area contributed by atoms with E-state index < -0.39 is 0 Å². The fourth-order valence-electron chi connectivity index (χ4n) is 2.82. The molecule has 1 aromatic heterocycles. The Morgan fingerprint density at radius 2 is 2.14 bits per heavy atom. The van der Waals surface area contributed by atoms with Crippen molar-refractivity contribution < 1.29 is 9.64 Å². The number of fused-ring (bicyclic) bond motifs is 1. The lowest BCUT2D eigenvalue weighted by molar-refractivity contribution is -0.908. The number of morpholine rings is 1. The maximum absolute atomic E-state index is 12.6. The number of nitrogens with zero attached hydrogens (tertiary/aromatic N) is 1. The second-order valence-corrected chi connectivity index (χ2v) is 6.37. The number of halogens is 1. The quantitative estimate of drug-likeness (QED) is 0.817. The van der Waals surface area contributed by atoms with Gasteiger partial charge in [-0.05, 0) is 30.4 Å². The molecule has 22 heavy (non-hydrogen) atoms. The molecular formula is C15H19ClN3O2S+. The number of H-pyrrole nitrogens is 1. The summed E-state index contributed by atoms with van der Waals surface area (Å²) in [5, 5.41) is 1.14. The molecule has 0 saturated carbocycles. The number of rotatable bonds is 4. The summed E-state index contributed by atoms with van der Waals surface area (Å²) >= 11 is 11.3. The molecule has 118 valence electrons. The summed E-state index contributed by atoms with van der Waals surface area (Å²) in [5.41, 5.74) is 0.660. The largest absolute Gasteiger partial charge is 0.370 e. The maximum atomic E-state index is 12.6. The van der Waals surface area contributed by atoms with Gasteiger partial charge in [0.1, 0.15) is 13.1 Å². The molecule has 7 heteroatoms. The molecule has 0 spiro atoms. The van der Waals surface area contributed by atoms with E-state index in [0.29, 0.717) is 21.7 Å². The minimum Gasteiger partial charge on any atom is -0.370 e. The van der Waals surface area contributed by atoms with Crippen LogP contribution in [0.2, 0.25) is 5.02 Å². The van der Waals surface area contributed by atoms with Gasteiger partial charge in [-0.25, -0.2) is 0 Å². The number of nitrogens with one attached hydrogen (secondary N) is 2. The van der Waals surface area contributed by atoms with Gasteiger partial charge >= 0.3 is 0 Å². The first-order valence-corrected chi connectivity index (χ1v) is 8.27. The van der Waals surface area contributed by atoms with Gasteiger partial charge < -0.3 is 14.6 Å². The lowest BCUT2D eigenvalue weighted by Crippen LogP contribution is -3.14. The molecule has 0 aliphatic carbocycles. The topological polar surface area (TPSA) is 51.5 Å². The summed E-state index contributed by atoms with van der Waals surface area (Å²) in [6.45, 7) is 5.37. The van der Waals surface area contributed by atoms with Crippen LogP contribution in [0.1, 0.15) is 6.42 Å². The molecule has 1 saturated heterocycles. The molecule has 2 heterocycles. The minimum absolute atomic E-state index is 0.0711. The smallest absolute Gasteiger partial charge is 0.262 e. The van der Waals surface area contributed by atoms with Crippen molar-refractivity contribution >= 4 is 34.7 Å². The summed E-state index contributed by atoms with van der Waals surface area (Å²) in [7, 11) is 0. The molecule has 3 rings (SSSR count). The highest BCUT2D eigenvalue weighted by molar-refractivity contribution is 7.71. The van der Waals surface area contributed by atoms with E-state index in [1.165, 1.54) is 4.90 Å². The van der Waals surface area contributed by atoms with Gasteiger partial charge in [0.15, 0.2) is 4.77 Å². The second-order valence-electron chi connectivity index (χ2n) is 5.54. The molecule has 2 N–H and O–H groups in total. The van der Waals surface area contributed by atoms with Crippen LogP contribution in [0.5, 0.6) is 0 Å². The van der Waals surface area contributed by atoms with E-state index in [-0.39, 0.29) is 5.56 Å². The first-order chi connectivity index (χ1) is 10.6. The molecule has 2 aromatic rings. The van der Waals surface area contributed by atoms with Crippen molar-refractivity contribution in [1.82, 2.24) is 9.55 Å². The third-order valence-electron chi connectivity index (χ3n) is 4.06. The summed E-state index contributed by atoms with van der Waals surface area (Å²) < 4.78 is 7.45. The second kappa shape index (κ2) is 6.91. The Balaban J connectivity index is 1.78. The van der Waals surface area contributed by atoms with Gasteiger partial charge in [0.05, 0.1) is 30.7 Å². The predicted molar refractivity (Wildman–Crippen MR) is 89.4 cm³/mol. The van der Waals surface area contributed by atoms with Gasteiger partial charge in [0.2, 0.25) is 0 Å². The van der Waals surface area contributed by atoms with E-state index in [1.807, 2.05) is 0 Å². The van der Waals surface area contributed by atoms with E-state index in [9.17, 15) is 4.79 Å². The molecule has 5 nitrogen and oxygen atoms in total. The Hall–Kier alpha value is -1.21. The predicted octanol–water partition coefficient (Wildman–Crippen LogP) is 1.02. The zero-order chi connectivity index (χ0) is 15.5. The monoisotopic (exact) mass is 340 g/mol. The van der Waals surface area contributed by atoms with Crippen LogP contribution in [0, 0.1) is 4.77 Å². The number of benzene rings is 1. The van der Waals surface area contributed by atoms with Crippen LogP contribution in [0.4, 0.5) is 0 Å². The summed E-state index contributed by atoms with van der Waals surface area (Å²) in [4.78, 5) is 17.2. The van der Waals surface area contributed by atoms with Crippen molar-refractivity contribution in [3.63, 3.8) is 0 Å².